The molecule has 1 aliphatic heterocycles. The Morgan fingerprint density at radius 2 is 2.22 bits per heavy atom. The van der Waals surface area contributed by atoms with Crippen LogP contribution in [0.5, 0.6) is 0 Å². The first-order chi connectivity index (χ1) is 8.56. The zero-order valence-corrected chi connectivity index (χ0v) is 10.5. The number of hydrogen-bond acceptors (Lipinski definition) is 6. The largest absolute Gasteiger partial charge is 0.481 e. The number of aryl methyl sites for hydroxylation is 2. The second-order valence-electron chi connectivity index (χ2n) is 4.32. The molecule has 0 radical (unpaired) electrons. The summed E-state index contributed by atoms with van der Waals surface area (Å²) in [6, 6.07) is 0. The molecule has 1 atom stereocenters. The smallest absolute Gasteiger partial charge is 0.306 e. The van der Waals surface area contributed by atoms with E-state index in [-0.39, 0.29) is 12.5 Å². The molecule has 98 valence electrons. The molecule has 0 aliphatic carbocycles. The summed E-state index contributed by atoms with van der Waals surface area (Å²) in [5.41, 5.74) is 1.63. The van der Waals surface area contributed by atoms with Crippen molar-refractivity contribution < 1.29 is 14.6 Å². The van der Waals surface area contributed by atoms with Gasteiger partial charge in [-0.05, 0) is 13.8 Å². The average molecular weight is 252 g/mol. The van der Waals surface area contributed by atoms with Crippen molar-refractivity contribution in [1.82, 2.24) is 15.2 Å². The zero-order chi connectivity index (χ0) is 13.1. The summed E-state index contributed by atoms with van der Waals surface area (Å²) in [5, 5.41) is 16.8. The Bertz CT molecular complexity index is 452. The molecule has 1 aliphatic rings. The van der Waals surface area contributed by atoms with Gasteiger partial charge in [-0.3, -0.25) is 4.79 Å². The highest BCUT2D eigenvalue weighted by Crippen LogP contribution is 2.15. The van der Waals surface area contributed by atoms with E-state index in [9.17, 15) is 4.79 Å². The Balaban J connectivity index is 2.08. The molecule has 1 unspecified atom stereocenters. The Morgan fingerprint density at radius 3 is 2.89 bits per heavy atom. The first kappa shape index (κ1) is 12.7. The van der Waals surface area contributed by atoms with Gasteiger partial charge >= 0.3 is 5.97 Å². The number of nitrogens with zero attached hydrogens (tertiary/aromatic N) is 4. The first-order valence-electron chi connectivity index (χ1n) is 5.82. The molecule has 7 heteroatoms. The van der Waals surface area contributed by atoms with E-state index in [1.165, 1.54) is 0 Å². The Hall–Kier alpha value is -1.76. The molecule has 1 saturated heterocycles. The number of carboxylic acid groups (broad SMARTS) is 1. The van der Waals surface area contributed by atoms with Crippen molar-refractivity contribution in [3.05, 3.63) is 11.4 Å². The van der Waals surface area contributed by atoms with Gasteiger partial charge in [-0.2, -0.15) is 5.10 Å². The normalized spacial score (nSPS) is 19.9. The van der Waals surface area contributed by atoms with Crippen LogP contribution in [0.15, 0.2) is 0 Å². The molecular formula is C11H16N4O3. The number of ether oxygens (including phenoxy) is 1. The van der Waals surface area contributed by atoms with E-state index in [1.807, 2.05) is 18.7 Å². The SMILES string of the molecule is Cc1nnc(N2CCOC(CC(=O)O)C2)nc1C. The molecule has 1 aromatic heterocycles. The van der Waals surface area contributed by atoms with Gasteiger partial charge in [0, 0.05) is 13.1 Å². The molecule has 0 aromatic carbocycles. The predicted molar refractivity (Wildman–Crippen MR) is 63.5 cm³/mol. The van der Waals surface area contributed by atoms with Gasteiger partial charge in [0.15, 0.2) is 0 Å². The summed E-state index contributed by atoms with van der Waals surface area (Å²) in [7, 11) is 0. The van der Waals surface area contributed by atoms with Crippen molar-refractivity contribution in [1.29, 1.82) is 0 Å². The summed E-state index contributed by atoms with van der Waals surface area (Å²) in [5.74, 6) is -0.322. The quantitative estimate of drug-likeness (QED) is 0.820. The Labute approximate surface area is 105 Å². The van der Waals surface area contributed by atoms with E-state index >= 15 is 0 Å². The molecule has 7 nitrogen and oxygen atoms in total. The maximum absolute atomic E-state index is 10.7. The average Bonchev–Trinajstić information content (AvgIpc) is 2.32. The molecular weight excluding hydrogens is 236 g/mol. The standard InChI is InChI=1S/C11H16N4O3/c1-7-8(2)13-14-11(12-7)15-3-4-18-9(6-15)5-10(16)17/h9H,3-6H2,1-2H3,(H,16,17). The molecule has 1 N–H and O–H groups in total. The van der Waals surface area contributed by atoms with Gasteiger partial charge in [0.05, 0.1) is 30.5 Å². The summed E-state index contributed by atoms with van der Waals surface area (Å²) in [6.07, 6.45) is -0.323. The van der Waals surface area contributed by atoms with Crippen molar-refractivity contribution in [3.8, 4) is 0 Å². The number of morpholine rings is 1. The Kier molecular flexibility index (Phi) is 3.71. The zero-order valence-electron chi connectivity index (χ0n) is 10.5. The van der Waals surface area contributed by atoms with Gasteiger partial charge in [0.1, 0.15) is 0 Å². The summed E-state index contributed by atoms with van der Waals surface area (Å²) < 4.78 is 5.40. The van der Waals surface area contributed by atoms with Crippen LogP contribution in [0.4, 0.5) is 5.95 Å². The van der Waals surface area contributed by atoms with Gasteiger partial charge in [0.2, 0.25) is 5.95 Å². The number of rotatable bonds is 3. The molecule has 0 amide bonds. The van der Waals surface area contributed by atoms with E-state index in [2.05, 4.69) is 15.2 Å². The van der Waals surface area contributed by atoms with Gasteiger partial charge in [-0.25, -0.2) is 4.98 Å². The molecule has 1 aromatic rings. The molecule has 18 heavy (non-hydrogen) atoms. The summed E-state index contributed by atoms with van der Waals surface area (Å²) in [4.78, 5) is 16.9. The van der Waals surface area contributed by atoms with E-state index < -0.39 is 5.97 Å². The van der Waals surface area contributed by atoms with Crippen LogP contribution in [0.1, 0.15) is 17.8 Å². The highest BCUT2D eigenvalue weighted by molar-refractivity contribution is 5.67. The lowest BCUT2D eigenvalue weighted by Gasteiger charge is -2.32. The van der Waals surface area contributed by atoms with Crippen LogP contribution in [-0.2, 0) is 9.53 Å². The van der Waals surface area contributed by atoms with Crippen LogP contribution in [0.3, 0.4) is 0 Å². The number of aromatic nitrogens is 3. The van der Waals surface area contributed by atoms with Crippen LogP contribution in [-0.4, -0.2) is 52.1 Å². The molecule has 0 spiro atoms. The minimum absolute atomic E-state index is 0.00519. The third-order valence-electron chi connectivity index (χ3n) is 2.90. The maximum Gasteiger partial charge on any atom is 0.306 e. The van der Waals surface area contributed by atoms with Gasteiger partial charge in [-0.15, -0.1) is 5.10 Å². The minimum Gasteiger partial charge on any atom is -0.481 e. The van der Waals surface area contributed by atoms with Crippen LogP contribution >= 0.6 is 0 Å². The van der Waals surface area contributed by atoms with E-state index in [0.29, 0.717) is 25.6 Å². The number of carboxylic acids is 1. The number of carbonyl (C=O) groups is 1. The van der Waals surface area contributed by atoms with Gasteiger partial charge in [-0.1, -0.05) is 0 Å². The van der Waals surface area contributed by atoms with Crippen molar-refractivity contribution >= 4 is 11.9 Å². The van der Waals surface area contributed by atoms with E-state index in [4.69, 9.17) is 9.84 Å². The topological polar surface area (TPSA) is 88.4 Å². The fourth-order valence-electron chi connectivity index (χ4n) is 1.80. The summed E-state index contributed by atoms with van der Waals surface area (Å²) >= 11 is 0. The Morgan fingerprint density at radius 1 is 1.44 bits per heavy atom. The van der Waals surface area contributed by atoms with Gasteiger partial charge in [0.25, 0.3) is 0 Å². The van der Waals surface area contributed by atoms with Crippen molar-refractivity contribution in [3.63, 3.8) is 0 Å². The summed E-state index contributed by atoms with van der Waals surface area (Å²) in [6.45, 7) is 5.35. The third kappa shape index (κ3) is 2.92. The number of aliphatic carboxylic acids is 1. The van der Waals surface area contributed by atoms with Crippen LogP contribution < -0.4 is 4.90 Å². The number of anilines is 1. The predicted octanol–water partition coefficient (Wildman–Crippen LogP) is 0.168. The highest BCUT2D eigenvalue weighted by atomic mass is 16.5. The van der Waals surface area contributed by atoms with Crippen molar-refractivity contribution in [2.24, 2.45) is 0 Å². The molecule has 0 saturated carbocycles. The molecule has 2 rings (SSSR count). The number of hydrogen-bond donors (Lipinski definition) is 1. The second-order valence-corrected chi connectivity index (χ2v) is 4.32. The lowest BCUT2D eigenvalue weighted by atomic mass is 10.2. The minimum atomic E-state index is -0.860. The lowest BCUT2D eigenvalue weighted by Crippen LogP contribution is -2.44. The fraction of sp³-hybridized carbons (Fsp3) is 0.636. The molecule has 2 heterocycles. The molecule has 1 fully saturated rings. The fourth-order valence-corrected chi connectivity index (χ4v) is 1.80. The molecule has 0 bridgehead atoms. The highest BCUT2D eigenvalue weighted by Gasteiger charge is 2.24. The van der Waals surface area contributed by atoms with Crippen LogP contribution in [0, 0.1) is 13.8 Å². The lowest BCUT2D eigenvalue weighted by molar-refractivity contribution is -0.140. The third-order valence-corrected chi connectivity index (χ3v) is 2.90. The monoisotopic (exact) mass is 252 g/mol. The van der Waals surface area contributed by atoms with Crippen molar-refractivity contribution in [2.45, 2.75) is 26.4 Å². The van der Waals surface area contributed by atoms with Gasteiger partial charge < -0.3 is 14.7 Å². The van der Waals surface area contributed by atoms with Crippen LogP contribution in [0.2, 0.25) is 0 Å². The van der Waals surface area contributed by atoms with E-state index in [1.54, 1.807) is 0 Å². The first-order valence-corrected chi connectivity index (χ1v) is 5.82. The second kappa shape index (κ2) is 5.26. The maximum atomic E-state index is 10.7. The van der Waals surface area contributed by atoms with Crippen molar-refractivity contribution in [2.75, 3.05) is 24.6 Å². The van der Waals surface area contributed by atoms with Crippen LogP contribution in [0.25, 0.3) is 0 Å². The van der Waals surface area contributed by atoms with E-state index in [0.717, 1.165) is 11.4 Å².